The molecule has 3 heterocycles. The van der Waals surface area contributed by atoms with Gasteiger partial charge in [-0.25, -0.2) is 4.98 Å². The Morgan fingerprint density at radius 2 is 2.39 bits per heavy atom. The summed E-state index contributed by atoms with van der Waals surface area (Å²) in [6.07, 6.45) is 0.587. The molecule has 1 atom stereocenters. The van der Waals surface area contributed by atoms with Crippen LogP contribution in [-0.2, 0) is 16.0 Å². The van der Waals surface area contributed by atoms with E-state index in [-0.39, 0.29) is 18.6 Å². The van der Waals surface area contributed by atoms with Crippen molar-refractivity contribution in [1.29, 1.82) is 0 Å². The first-order valence-electron chi connectivity index (χ1n) is 7.49. The van der Waals surface area contributed by atoms with E-state index < -0.39 is 0 Å². The second-order valence-corrected chi connectivity index (χ2v) is 6.44. The predicted octanol–water partition coefficient (Wildman–Crippen LogP) is 0.539. The number of amides is 1. The van der Waals surface area contributed by atoms with Gasteiger partial charge in [0.1, 0.15) is 16.9 Å². The highest BCUT2D eigenvalue weighted by atomic mass is 32.1. The molecule has 10 heteroatoms. The van der Waals surface area contributed by atoms with E-state index in [1.54, 1.807) is 0 Å². The lowest BCUT2D eigenvalue weighted by atomic mass is 10.2. The number of anilines is 1. The maximum Gasteiger partial charge on any atom is 0.240 e. The summed E-state index contributed by atoms with van der Waals surface area (Å²) in [6, 6.07) is 0. The molecule has 0 radical (unpaired) electrons. The van der Waals surface area contributed by atoms with E-state index in [1.165, 1.54) is 11.3 Å². The summed E-state index contributed by atoms with van der Waals surface area (Å²) < 4.78 is 5.72. The summed E-state index contributed by atoms with van der Waals surface area (Å²) in [6.45, 7) is 5.97. The zero-order valence-electron chi connectivity index (χ0n) is 13.1. The van der Waals surface area contributed by atoms with Gasteiger partial charge in [0.25, 0.3) is 0 Å². The molecule has 2 N–H and O–H groups in total. The SMILES string of the molecule is CCc1nc([C@@H]2CN(CC(=O)Nc3nnc(C)s3)CCO2)n[nH]1. The van der Waals surface area contributed by atoms with Crippen molar-refractivity contribution in [3.8, 4) is 0 Å². The highest BCUT2D eigenvalue weighted by Gasteiger charge is 2.26. The summed E-state index contributed by atoms with van der Waals surface area (Å²) in [5, 5.41) is 19.0. The summed E-state index contributed by atoms with van der Waals surface area (Å²) in [5.74, 6) is 1.38. The van der Waals surface area contributed by atoms with Crippen LogP contribution in [-0.4, -0.2) is 62.4 Å². The Morgan fingerprint density at radius 1 is 1.52 bits per heavy atom. The number of ether oxygens (including phenoxy) is 1. The second kappa shape index (κ2) is 7.11. The van der Waals surface area contributed by atoms with Crippen molar-refractivity contribution in [3.05, 3.63) is 16.7 Å². The fourth-order valence-electron chi connectivity index (χ4n) is 2.32. The molecule has 3 rings (SSSR count). The fourth-order valence-corrected chi connectivity index (χ4v) is 2.93. The molecular weight excluding hydrogens is 318 g/mol. The number of aromatic amines is 1. The first-order chi connectivity index (χ1) is 11.1. The Kier molecular flexibility index (Phi) is 4.94. The van der Waals surface area contributed by atoms with E-state index >= 15 is 0 Å². The zero-order chi connectivity index (χ0) is 16.2. The van der Waals surface area contributed by atoms with Crippen LogP contribution < -0.4 is 5.32 Å². The van der Waals surface area contributed by atoms with E-state index in [9.17, 15) is 4.79 Å². The van der Waals surface area contributed by atoms with Crippen LogP contribution in [0.25, 0.3) is 0 Å². The maximum absolute atomic E-state index is 12.1. The Labute approximate surface area is 137 Å². The fraction of sp³-hybridized carbons (Fsp3) is 0.615. The number of hydrogen-bond acceptors (Lipinski definition) is 8. The molecule has 0 aliphatic carbocycles. The Morgan fingerprint density at radius 3 is 3.09 bits per heavy atom. The molecule has 1 aliphatic heterocycles. The third-order valence-corrected chi connectivity index (χ3v) is 4.22. The van der Waals surface area contributed by atoms with Gasteiger partial charge in [-0.05, 0) is 6.92 Å². The van der Waals surface area contributed by atoms with Gasteiger partial charge in [0, 0.05) is 19.5 Å². The molecule has 0 unspecified atom stereocenters. The molecule has 23 heavy (non-hydrogen) atoms. The molecule has 9 nitrogen and oxygen atoms in total. The normalized spacial score (nSPS) is 19.0. The Balaban J connectivity index is 1.54. The van der Waals surface area contributed by atoms with Crippen molar-refractivity contribution >= 4 is 22.4 Å². The second-order valence-electron chi connectivity index (χ2n) is 5.26. The highest BCUT2D eigenvalue weighted by Crippen LogP contribution is 2.19. The lowest BCUT2D eigenvalue weighted by molar-refractivity contribution is -0.119. The molecule has 1 saturated heterocycles. The standard InChI is InChI=1S/C13H19N7O2S/c1-3-10-14-12(18-17-10)9-6-20(4-5-22-9)7-11(21)15-13-19-16-8(2)23-13/h9H,3-7H2,1-2H3,(H,14,17,18)(H,15,19,21)/t9-/m0/s1. The van der Waals surface area contributed by atoms with Gasteiger partial charge in [-0.1, -0.05) is 18.3 Å². The molecule has 2 aromatic heterocycles. The summed E-state index contributed by atoms with van der Waals surface area (Å²) in [4.78, 5) is 18.5. The minimum Gasteiger partial charge on any atom is -0.367 e. The van der Waals surface area contributed by atoms with Crippen LogP contribution >= 0.6 is 11.3 Å². The number of carbonyl (C=O) groups is 1. The Bertz CT molecular complexity index is 671. The van der Waals surface area contributed by atoms with Crippen molar-refractivity contribution in [2.24, 2.45) is 0 Å². The smallest absolute Gasteiger partial charge is 0.240 e. The van der Waals surface area contributed by atoms with Gasteiger partial charge in [-0.15, -0.1) is 10.2 Å². The average molecular weight is 337 g/mol. The third kappa shape index (κ3) is 4.09. The van der Waals surface area contributed by atoms with Gasteiger partial charge in [-0.2, -0.15) is 5.10 Å². The van der Waals surface area contributed by atoms with Crippen molar-refractivity contribution in [1.82, 2.24) is 30.3 Å². The van der Waals surface area contributed by atoms with Crippen molar-refractivity contribution in [2.45, 2.75) is 26.4 Å². The van der Waals surface area contributed by atoms with Gasteiger partial charge >= 0.3 is 0 Å². The molecule has 0 bridgehead atoms. The first kappa shape index (κ1) is 16.0. The monoisotopic (exact) mass is 337 g/mol. The van der Waals surface area contributed by atoms with Gasteiger partial charge in [0.05, 0.1) is 13.2 Å². The molecule has 0 spiro atoms. The first-order valence-corrected chi connectivity index (χ1v) is 8.30. The molecule has 1 amide bonds. The van der Waals surface area contributed by atoms with Crippen LogP contribution in [0.2, 0.25) is 0 Å². The van der Waals surface area contributed by atoms with Gasteiger partial charge < -0.3 is 4.74 Å². The maximum atomic E-state index is 12.1. The van der Waals surface area contributed by atoms with Crippen LogP contribution in [0, 0.1) is 6.92 Å². The van der Waals surface area contributed by atoms with Gasteiger partial charge in [-0.3, -0.25) is 20.1 Å². The summed E-state index contributed by atoms with van der Waals surface area (Å²) in [5.41, 5.74) is 0. The predicted molar refractivity (Wildman–Crippen MR) is 84.2 cm³/mol. The average Bonchev–Trinajstić information content (AvgIpc) is 3.16. The number of nitrogens with one attached hydrogen (secondary N) is 2. The molecule has 1 fully saturated rings. The zero-order valence-corrected chi connectivity index (χ0v) is 13.9. The summed E-state index contributed by atoms with van der Waals surface area (Å²) >= 11 is 1.36. The number of aryl methyl sites for hydroxylation is 2. The van der Waals surface area contributed by atoms with Crippen LogP contribution in [0.4, 0.5) is 5.13 Å². The van der Waals surface area contributed by atoms with Crippen molar-refractivity contribution in [3.63, 3.8) is 0 Å². The van der Waals surface area contributed by atoms with E-state index in [2.05, 4.69) is 30.7 Å². The quantitative estimate of drug-likeness (QED) is 0.819. The number of nitrogens with zero attached hydrogens (tertiary/aromatic N) is 5. The molecule has 1 aliphatic rings. The number of H-pyrrole nitrogens is 1. The van der Waals surface area contributed by atoms with Crippen LogP contribution in [0.5, 0.6) is 0 Å². The van der Waals surface area contributed by atoms with E-state index in [4.69, 9.17) is 4.74 Å². The van der Waals surface area contributed by atoms with E-state index in [0.29, 0.717) is 30.7 Å². The lowest BCUT2D eigenvalue weighted by Crippen LogP contribution is -2.42. The van der Waals surface area contributed by atoms with E-state index in [1.807, 2.05) is 18.7 Å². The van der Waals surface area contributed by atoms with Crippen LogP contribution in [0.3, 0.4) is 0 Å². The highest BCUT2D eigenvalue weighted by molar-refractivity contribution is 7.15. The van der Waals surface area contributed by atoms with Crippen molar-refractivity contribution in [2.75, 3.05) is 31.6 Å². The summed E-state index contributed by atoms with van der Waals surface area (Å²) in [7, 11) is 0. The third-order valence-electron chi connectivity index (χ3n) is 3.46. The molecule has 124 valence electrons. The van der Waals surface area contributed by atoms with E-state index in [0.717, 1.165) is 17.3 Å². The molecular formula is C13H19N7O2S. The number of aromatic nitrogens is 5. The molecule has 0 aromatic carbocycles. The number of rotatable bonds is 5. The number of hydrogen-bond donors (Lipinski definition) is 2. The van der Waals surface area contributed by atoms with Gasteiger partial charge in [0.15, 0.2) is 5.82 Å². The topological polar surface area (TPSA) is 109 Å². The number of morpholine rings is 1. The minimum atomic E-state index is -0.211. The Hall–Kier alpha value is -1.91. The van der Waals surface area contributed by atoms with Crippen LogP contribution in [0.1, 0.15) is 29.7 Å². The van der Waals surface area contributed by atoms with Crippen LogP contribution in [0.15, 0.2) is 0 Å². The minimum absolute atomic E-state index is 0.106. The molecule has 2 aromatic rings. The molecule has 0 saturated carbocycles. The van der Waals surface area contributed by atoms with Gasteiger partial charge in [0.2, 0.25) is 11.0 Å². The lowest BCUT2D eigenvalue weighted by Gasteiger charge is -2.30. The van der Waals surface area contributed by atoms with Crippen molar-refractivity contribution < 1.29 is 9.53 Å². The largest absolute Gasteiger partial charge is 0.367 e. The number of carbonyl (C=O) groups excluding carboxylic acids is 1.